The largest absolute Gasteiger partial charge is 0.492 e. The van der Waals surface area contributed by atoms with Crippen molar-refractivity contribution in [1.29, 1.82) is 0 Å². The molecule has 100 valence electrons. The van der Waals surface area contributed by atoms with E-state index in [-0.39, 0.29) is 0 Å². The Morgan fingerprint density at radius 3 is 2.83 bits per heavy atom. The van der Waals surface area contributed by atoms with Gasteiger partial charge in [0.25, 0.3) is 0 Å². The SMILES string of the molecule is CCc1ccc(OCCNCC2CCCO2)cc1. The van der Waals surface area contributed by atoms with Crippen molar-refractivity contribution in [1.82, 2.24) is 5.32 Å². The number of rotatable bonds is 7. The van der Waals surface area contributed by atoms with Crippen molar-refractivity contribution in [2.24, 2.45) is 0 Å². The van der Waals surface area contributed by atoms with Crippen molar-refractivity contribution in [3.05, 3.63) is 29.8 Å². The molecule has 1 saturated heterocycles. The van der Waals surface area contributed by atoms with Gasteiger partial charge in [-0.1, -0.05) is 19.1 Å². The Morgan fingerprint density at radius 2 is 2.17 bits per heavy atom. The summed E-state index contributed by atoms with van der Waals surface area (Å²) in [4.78, 5) is 0. The Bertz CT molecular complexity index is 331. The minimum atomic E-state index is 0.411. The lowest BCUT2D eigenvalue weighted by Crippen LogP contribution is -2.29. The zero-order valence-corrected chi connectivity index (χ0v) is 11.2. The molecule has 1 aliphatic heterocycles. The van der Waals surface area contributed by atoms with E-state index < -0.39 is 0 Å². The molecule has 1 fully saturated rings. The molecular formula is C15H23NO2. The summed E-state index contributed by atoms with van der Waals surface area (Å²) < 4.78 is 11.2. The van der Waals surface area contributed by atoms with Crippen molar-refractivity contribution in [2.75, 3.05) is 26.3 Å². The van der Waals surface area contributed by atoms with Crippen LogP contribution >= 0.6 is 0 Å². The first-order valence-corrected chi connectivity index (χ1v) is 6.92. The monoisotopic (exact) mass is 249 g/mol. The molecule has 1 atom stereocenters. The molecule has 1 unspecified atom stereocenters. The van der Waals surface area contributed by atoms with Crippen LogP contribution in [0.5, 0.6) is 5.75 Å². The molecule has 0 spiro atoms. The van der Waals surface area contributed by atoms with Gasteiger partial charge in [0.15, 0.2) is 0 Å². The Kier molecular flexibility index (Phi) is 5.49. The molecule has 1 aliphatic rings. The fourth-order valence-corrected chi connectivity index (χ4v) is 2.13. The fourth-order valence-electron chi connectivity index (χ4n) is 2.13. The van der Waals surface area contributed by atoms with Crippen molar-refractivity contribution < 1.29 is 9.47 Å². The van der Waals surface area contributed by atoms with E-state index in [0.29, 0.717) is 12.7 Å². The maximum atomic E-state index is 5.67. The molecule has 3 nitrogen and oxygen atoms in total. The lowest BCUT2D eigenvalue weighted by atomic mass is 10.2. The van der Waals surface area contributed by atoms with Crippen molar-refractivity contribution in [2.45, 2.75) is 32.3 Å². The summed E-state index contributed by atoms with van der Waals surface area (Å²) in [7, 11) is 0. The summed E-state index contributed by atoms with van der Waals surface area (Å²) in [5.41, 5.74) is 1.35. The quantitative estimate of drug-likeness (QED) is 0.753. The van der Waals surface area contributed by atoms with Gasteiger partial charge in [-0.25, -0.2) is 0 Å². The van der Waals surface area contributed by atoms with Gasteiger partial charge >= 0.3 is 0 Å². The maximum absolute atomic E-state index is 5.67. The summed E-state index contributed by atoms with van der Waals surface area (Å²) in [5, 5.41) is 3.37. The number of hydrogen-bond donors (Lipinski definition) is 1. The molecule has 1 aromatic carbocycles. The van der Waals surface area contributed by atoms with E-state index in [0.717, 1.165) is 31.9 Å². The number of aryl methyl sites for hydroxylation is 1. The van der Waals surface area contributed by atoms with Crippen LogP contribution in [0.15, 0.2) is 24.3 Å². The van der Waals surface area contributed by atoms with Gasteiger partial charge < -0.3 is 14.8 Å². The van der Waals surface area contributed by atoms with Crippen LogP contribution in [0.3, 0.4) is 0 Å². The third kappa shape index (κ3) is 4.31. The summed E-state index contributed by atoms with van der Waals surface area (Å²) in [6, 6.07) is 8.32. The smallest absolute Gasteiger partial charge is 0.119 e. The molecule has 0 bridgehead atoms. The predicted molar refractivity (Wildman–Crippen MR) is 73.2 cm³/mol. The first-order valence-electron chi connectivity index (χ1n) is 6.92. The second-order valence-electron chi connectivity index (χ2n) is 4.69. The van der Waals surface area contributed by atoms with E-state index >= 15 is 0 Å². The number of ether oxygens (including phenoxy) is 2. The number of nitrogens with one attached hydrogen (secondary N) is 1. The molecule has 0 radical (unpaired) electrons. The average Bonchev–Trinajstić information content (AvgIpc) is 2.92. The van der Waals surface area contributed by atoms with E-state index in [9.17, 15) is 0 Å². The van der Waals surface area contributed by atoms with Crippen LogP contribution < -0.4 is 10.1 Å². The second kappa shape index (κ2) is 7.39. The lowest BCUT2D eigenvalue weighted by molar-refractivity contribution is 0.109. The summed E-state index contributed by atoms with van der Waals surface area (Å²) in [6.07, 6.45) is 3.87. The molecular weight excluding hydrogens is 226 g/mol. The third-order valence-corrected chi connectivity index (χ3v) is 3.28. The van der Waals surface area contributed by atoms with E-state index in [1.165, 1.54) is 18.4 Å². The average molecular weight is 249 g/mol. The van der Waals surface area contributed by atoms with E-state index in [1.54, 1.807) is 0 Å². The highest BCUT2D eigenvalue weighted by Crippen LogP contribution is 2.12. The van der Waals surface area contributed by atoms with Crippen molar-refractivity contribution in [3.63, 3.8) is 0 Å². The Balaban J connectivity index is 1.56. The minimum Gasteiger partial charge on any atom is -0.492 e. The van der Waals surface area contributed by atoms with Gasteiger partial charge in [-0.3, -0.25) is 0 Å². The summed E-state index contributed by atoms with van der Waals surface area (Å²) in [5.74, 6) is 0.950. The van der Waals surface area contributed by atoms with E-state index in [4.69, 9.17) is 9.47 Å². The maximum Gasteiger partial charge on any atom is 0.119 e. The van der Waals surface area contributed by atoms with E-state index in [2.05, 4.69) is 24.4 Å². The first kappa shape index (κ1) is 13.4. The van der Waals surface area contributed by atoms with Gasteiger partial charge in [0.2, 0.25) is 0 Å². The van der Waals surface area contributed by atoms with Crippen LogP contribution in [0.1, 0.15) is 25.3 Å². The van der Waals surface area contributed by atoms with Crippen LogP contribution in [0, 0.1) is 0 Å². The Hall–Kier alpha value is -1.06. The highest BCUT2D eigenvalue weighted by Gasteiger charge is 2.14. The molecule has 1 aromatic rings. The zero-order valence-electron chi connectivity index (χ0n) is 11.2. The summed E-state index contributed by atoms with van der Waals surface area (Å²) in [6.45, 7) is 5.60. The minimum absolute atomic E-state index is 0.411. The predicted octanol–water partition coefficient (Wildman–Crippen LogP) is 2.40. The second-order valence-corrected chi connectivity index (χ2v) is 4.69. The number of benzene rings is 1. The molecule has 1 heterocycles. The van der Waals surface area contributed by atoms with Gasteiger partial charge in [0, 0.05) is 19.7 Å². The zero-order chi connectivity index (χ0) is 12.6. The first-order chi connectivity index (χ1) is 8.88. The van der Waals surface area contributed by atoms with Gasteiger partial charge in [0.05, 0.1) is 6.10 Å². The normalized spacial score (nSPS) is 19.1. The van der Waals surface area contributed by atoms with Gasteiger partial charge in [-0.15, -0.1) is 0 Å². The van der Waals surface area contributed by atoms with Crippen molar-refractivity contribution in [3.8, 4) is 5.75 Å². The third-order valence-electron chi connectivity index (χ3n) is 3.28. The molecule has 1 N–H and O–H groups in total. The molecule has 2 rings (SSSR count). The number of hydrogen-bond acceptors (Lipinski definition) is 3. The van der Waals surface area contributed by atoms with Crippen LogP contribution in [0.25, 0.3) is 0 Å². The Morgan fingerprint density at radius 1 is 1.33 bits per heavy atom. The summed E-state index contributed by atoms with van der Waals surface area (Å²) >= 11 is 0. The van der Waals surface area contributed by atoms with Gasteiger partial charge in [-0.05, 0) is 37.0 Å². The molecule has 0 amide bonds. The standard InChI is InChI=1S/C15H23NO2/c1-2-13-5-7-14(8-6-13)18-11-9-16-12-15-4-3-10-17-15/h5-8,15-16H,2-4,9-12H2,1H3. The topological polar surface area (TPSA) is 30.5 Å². The van der Waals surface area contributed by atoms with Crippen molar-refractivity contribution >= 4 is 0 Å². The van der Waals surface area contributed by atoms with E-state index in [1.807, 2.05) is 12.1 Å². The fraction of sp³-hybridized carbons (Fsp3) is 0.600. The molecule has 0 saturated carbocycles. The molecule has 3 heteroatoms. The Labute approximate surface area is 109 Å². The molecule has 0 aliphatic carbocycles. The highest BCUT2D eigenvalue weighted by molar-refractivity contribution is 5.27. The van der Waals surface area contributed by atoms with Crippen LogP contribution in [-0.4, -0.2) is 32.4 Å². The van der Waals surface area contributed by atoms with Crippen LogP contribution in [0.2, 0.25) is 0 Å². The highest BCUT2D eigenvalue weighted by atomic mass is 16.5. The van der Waals surface area contributed by atoms with Crippen LogP contribution in [0.4, 0.5) is 0 Å². The molecule has 18 heavy (non-hydrogen) atoms. The lowest BCUT2D eigenvalue weighted by Gasteiger charge is -2.11. The molecule has 0 aromatic heterocycles. The van der Waals surface area contributed by atoms with Crippen LogP contribution in [-0.2, 0) is 11.2 Å². The van der Waals surface area contributed by atoms with Gasteiger partial charge in [-0.2, -0.15) is 0 Å². The van der Waals surface area contributed by atoms with Gasteiger partial charge in [0.1, 0.15) is 12.4 Å².